The average molecular weight is 341 g/mol. The van der Waals surface area contributed by atoms with Crippen molar-refractivity contribution in [3.63, 3.8) is 0 Å². The summed E-state index contributed by atoms with van der Waals surface area (Å²) in [5, 5.41) is 12.5. The van der Waals surface area contributed by atoms with E-state index in [4.69, 9.17) is 17.3 Å². The number of carbonyl (C=O) groups excluding carboxylic acids is 2. The van der Waals surface area contributed by atoms with E-state index in [9.17, 15) is 14.4 Å². The zero-order valence-corrected chi connectivity index (χ0v) is 13.0. The molecular weight excluding hydrogens is 330 g/mol. The van der Waals surface area contributed by atoms with Crippen molar-refractivity contribution in [3.8, 4) is 0 Å². The number of carbonyl (C=O) groups is 3. The Morgan fingerprint density at radius 2 is 1.50 bits per heavy atom. The number of imide groups is 1. The summed E-state index contributed by atoms with van der Waals surface area (Å²) in [5.41, 5.74) is 3.83. The lowest BCUT2D eigenvalue weighted by molar-refractivity contribution is 0.0611. The maximum absolute atomic E-state index is 12.2. The zero-order chi connectivity index (χ0) is 17.3. The Balaban J connectivity index is 1.69. The minimum Gasteiger partial charge on any atom is -0.478 e. The van der Waals surface area contributed by atoms with Gasteiger partial charge in [0.25, 0.3) is 11.8 Å². The van der Waals surface area contributed by atoms with Crippen molar-refractivity contribution in [3.05, 3.63) is 65.2 Å². The molecule has 0 radical (unpaired) electrons. The summed E-state index contributed by atoms with van der Waals surface area (Å²) in [7, 11) is 0. The van der Waals surface area contributed by atoms with Crippen LogP contribution < -0.4 is 10.7 Å². The van der Waals surface area contributed by atoms with Crippen molar-refractivity contribution in [2.24, 2.45) is 0 Å². The van der Waals surface area contributed by atoms with Gasteiger partial charge in [0.05, 0.1) is 16.7 Å². The summed E-state index contributed by atoms with van der Waals surface area (Å²) in [6.07, 6.45) is 0. The Labute approximate surface area is 141 Å². The summed E-state index contributed by atoms with van der Waals surface area (Å²) >= 11 is 5.09. The predicted octanol–water partition coefficient (Wildman–Crippen LogP) is 1.88. The Morgan fingerprint density at radius 3 is 2.00 bits per heavy atom. The minimum absolute atomic E-state index is 0.0348. The molecule has 0 bridgehead atoms. The highest BCUT2D eigenvalue weighted by atomic mass is 32.1. The quantitative estimate of drug-likeness (QED) is 0.579. The first kappa shape index (κ1) is 15.6. The van der Waals surface area contributed by atoms with Crippen LogP contribution in [0.3, 0.4) is 0 Å². The number of hydrazine groups is 1. The van der Waals surface area contributed by atoms with E-state index in [1.807, 2.05) is 0 Å². The molecule has 24 heavy (non-hydrogen) atoms. The molecule has 1 aliphatic heterocycles. The molecule has 3 rings (SSSR count). The SMILES string of the molecule is O=C(O)c1ccc(NC(=S)NN2C(=O)c3ccccc3C2=O)cc1. The first-order chi connectivity index (χ1) is 11.5. The van der Waals surface area contributed by atoms with Crippen LogP contribution in [0.15, 0.2) is 48.5 Å². The minimum atomic E-state index is -1.03. The van der Waals surface area contributed by atoms with E-state index in [-0.39, 0.29) is 10.7 Å². The number of nitrogens with zero attached hydrogens (tertiary/aromatic N) is 1. The van der Waals surface area contributed by atoms with Crippen LogP contribution in [0.2, 0.25) is 0 Å². The van der Waals surface area contributed by atoms with E-state index in [0.29, 0.717) is 16.8 Å². The van der Waals surface area contributed by atoms with Gasteiger partial charge in [-0.3, -0.25) is 15.0 Å². The van der Waals surface area contributed by atoms with E-state index >= 15 is 0 Å². The van der Waals surface area contributed by atoms with E-state index < -0.39 is 17.8 Å². The van der Waals surface area contributed by atoms with E-state index in [2.05, 4.69) is 10.7 Å². The molecule has 0 atom stereocenters. The number of rotatable bonds is 3. The van der Waals surface area contributed by atoms with Crippen LogP contribution in [-0.4, -0.2) is 33.0 Å². The van der Waals surface area contributed by atoms with Gasteiger partial charge in [-0.1, -0.05) is 12.1 Å². The highest BCUT2D eigenvalue weighted by Gasteiger charge is 2.35. The Kier molecular flexibility index (Phi) is 3.97. The fourth-order valence-corrected chi connectivity index (χ4v) is 2.46. The topological polar surface area (TPSA) is 98.7 Å². The molecule has 2 aromatic carbocycles. The van der Waals surface area contributed by atoms with Crippen LogP contribution in [0.5, 0.6) is 0 Å². The van der Waals surface area contributed by atoms with Gasteiger partial charge < -0.3 is 10.4 Å². The molecule has 0 aromatic heterocycles. The molecule has 0 fully saturated rings. The van der Waals surface area contributed by atoms with Crippen LogP contribution in [-0.2, 0) is 0 Å². The lowest BCUT2D eigenvalue weighted by atomic mass is 10.1. The molecule has 2 aromatic rings. The molecule has 120 valence electrons. The number of aromatic carboxylic acids is 1. The van der Waals surface area contributed by atoms with Gasteiger partial charge in [-0.25, -0.2) is 4.79 Å². The third-order valence-corrected chi connectivity index (χ3v) is 3.59. The summed E-state index contributed by atoms with van der Waals surface area (Å²) < 4.78 is 0. The molecular formula is C16H11N3O4S. The van der Waals surface area contributed by atoms with Crippen molar-refractivity contribution in [1.82, 2.24) is 10.4 Å². The third kappa shape index (κ3) is 2.82. The number of carboxylic acid groups (broad SMARTS) is 1. The number of benzene rings is 2. The summed E-state index contributed by atoms with van der Waals surface area (Å²) in [4.78, 5) is 35.2. The molecule has 3 N–H and O–H groups in total. The number of anilines is 1. The zero-order valence-electron chi connectivity index (χ0n) is 12.1. The number of amides is 2. The Morgan fingerprint density at radius 1 is 0.958 bits per heavy atom. The molecule has 1 aliphatic rings. The third-order valence-electron chi connectivity index (χ3n) is 3.40. The fourth-order valence-electron chi connectivity index (χ4n) is 2.25. The van der Waals surface area contributed by atoms with E-state index in [1.54, 1.807) is 24.3 Å². The number of hydrogen-bond donors (Lipinski definition) is 3. The van der Waals surface area contributed by atoms with Crippen molar-refractivity contribution < 1.29 is 19.5 Å². The molecule has 2 amide bonds. The van der Waals surface area contributed by atoms with Crippen molar-refractivity contribution in [1.29, 1.82) is 0 Å². The van der Waals surface area contributed by atoms with Gasteiger partial charge in [0.1, 0.15) is 0 Å². The predicted molar refractivity (Wildman–Crippen MR) is 89.7 cm³/mol. The number of carboxylic acids is 1. The largest absolute Gasteiger partial charge is 0.478 e. The van der Waals surface area contributed by atoms with Crippen LogP contribution >= 0.6 is 12.2 Å². The first-order valence-electron chi connectivity index (χ1n) is 6.86. The number of hydrogen-bond acceptors (Lipinski definition) is 4. The highest BCUT2D eigenvalue weighted by molar-refractivity contribution is 7.80. The number of nitrogens with one attached hydrogen (secondary N) is 2. The fraction of sp³-hybridized carbons (Fsp3) is 0. The molecule has 7 nitrogen and oxygen atoms in total. The Bertz CT molecular complexity index is 829. The number of thiocarbonyl (C=S) groups is 1. The summed E-state index contributed by atoms with van der Waals surface area (Å²) in [5.74, 6) is -2.00. The van der Waals surface area contributed by atoms with Crippen molar-refractivity contribution >= 4 is 40.8 Å². The monoisotopic (exact) mass is 341 g/mol. The van der Waals surface area contributed by atoms with Crippen LogP contribution in [0.4, 0.5) is 5.69 Å². The smallest absolute Gasteiger partial charge is 0.335 e. The lowest BCUT2D eigenvalue weighted by Crippen LogP contribution is -2.47. The molecule has 0 saturated carbocycles. The van der Waals surface area contributed by atoms with Crippen molar-refractivity contribution in [2.75, 3.05) is 5.32 Å². The van der Waals surface area contributed by atoms with E-state index in [1.165, 1.54) is 24.3 Å². The highest BCUT2D eigenvalue weighted by Crippen LogP contribution is 2.20. The molecule has 0 unspecified atom stereocenters. The molecule has 0 saturated heterocycles. The second kappa shape index (κ2) is 6.09. The van der Waals surface area contributed by atoms with Gasteiger partial charge in [-0.15, -0.1) is 0 Å². The van der Waals surface area contributed by atoms with Crippen LogP contribution in [0.25, 0.3) is 0 Å². The maximum atomic E-state index is 12.2. The average Bonchev–Trinajstić information content (AvgIpc) is 2.81. The second-order valence-electron chi connectivity index (χ2n) is 4.94. The summed E-state index contributed by atoms with van der Waals surface area (Å²) in [6.45, 7) is 0. The van der Waals surface area contributed by atoms with Crippen LogP contribution in [0, 0.1) is 0 Å². The van der Waals surface area contributed by atoms with Gasteiger partial charge in [0, 0.05) is 5.69 Å². The Hall–Kier alpha value is -3.26. The maximum Gasteiger partial charge on any atom is 0.335 e. The molecule has 8 heteroatoms. The summed E-state index contributed by atoms with van der Waals surface area (Å²) in [6, 6.07) is 12.4. The van der Waals surface area contributed by atoms with Gasteiger partial charge in [-0.05, 0) is 48.6 Å². The second-order valence-corrected chi connectivity index (χ2v) is 5.35. The van der Waals surface area contributed by atoms with E-state index in [0.717, 1.165) is 5.01 Å². The van der Waals surface area contributed by atoms with Gasteiger partial charge >= 0.3 is 5.97 Å². The van der Waals surface area contributed by atoms with Gasteiger partial charge in [0.15, 0.2) is 5.11 Å². The van der Waals surface area contributed by atoms with Crippen molar-refractivity contribution in [2.45, 2.75) is 0 Å². The van der Waals surface area contributed by atoms with Gasteiger partial charge in [0.2, 0.25) is 0 Å². The van der Waals surface area contributed by atoms with Gasteiger partial charge in [-0.2, -0.15) is 5.01 Å². The van der Waals surface area contributed by atoms with Crippen LogP contribution in [0.1, 0.15) is 31.1 Å². The molecule has 1 heterocycles. The first-order valence-corrected chi connectivity index (χ1v) is 7.27. The number of fused-ring (bicyclic) bond motifs is 1. The lowest BCUT2D eigenvalue weighted by Gasteiger charge is -2.18. The normalized spacial score (nSPS) is 12.8. The molecule has 0 spiro atoms. The standard InChI is InChI=1S/C16H11N3O4S/c20-13-11-3-1-2-4-12(11)14(21)19(13)18-16(24)17-10-7-5-9(6-8-10)15(22)23/h1-8H,(H,22,23)(H2,17,18,24). The molecule has 0 aliphatic carbocycles.